The maximum Gasteiger partial charge on any atom is 0.0964 e. The van der Waals surface area contributed by atoms with Gasteiger partial charge in [-0.25, -0.2) is 4.98 Å². The zero-order valence-electron chi connectivity index (χ0n) is 10.8. The summed E-state index contributed by atoms with van der Waals surface area (Å²) in [4.78, 5) is 4.79. The predicted octanol–water partition coefficient (Wildman–Crippen LogP) is 3.63. The van der Waals surface area contributed by atoms with Crippen LogP contribution in [0.15, 0.2) is 23.6 Å². The third-order valence-corrected chi connectivity index (χ3v) is 4.71. The Kier molecular flexibility index (Phi) is 2.96. The van der Waals surface area contributed by atoms with Gasteiger partial charge in [-0.15, -0.1) is 11.3 Å². The quantitative estimate of drug-likeness (QED) is 0.893. The number of aromatic nitrogens is 1. The fraction of sp³-hybridized carbons (Fsp3) is 0.400. The Morgan fingerprint density at radius 1 is 1.28 bits per heavy atom. The molecule has 3 rings (SSSR count). The zero-order chi connectivity index (χ0) is 12.7. The van der Waals surface area contributed by atoms with Crippen molar-refractivity contribution in [2.24, 2.45) is 5.73 Å². The van der Waals surface area contributed by atoms with Crippen LogP contribution in [-0.2, 0) is 0 Å². The van der Waals surface area contributed by atoms with Crippen LogP contribution in [0.25, 0.3) is 11.3 Å². The smallest absolute Gasteiger partial charge is 0.0964 e. The topological polar surface area (TPSA) is 38.9 Å². The number of hydrogen-bond donors (Lipinski definition) is 1. The van der Waals surface area contributed by atoms with Gasteiger partial charge in [-0.2, -0.15) is 0 Å². The van der Waals surface area contributed by atoms with Crippen molar-refractivity contribution < 1.29 is 0 Å². The molecule has 1 aliphatic carbocycles. The fourth-order valence-corrected chi connectivity index (χ4v) is 3.51. The highest BCUT2D eigenvalue weighted by molar-refractivity contribution is 7.10. The summed E-state index contributed by atoms with van der Waals surface area (Å²) in [7, 11) is 0. The standard InChI is InChI=1S/C15H18N2S/c1-9-3-4-13(10(2)5-9)14-8-18-15(17-14)11-6-12(16)7-11/h3-5,8,11-12H,6-7,16H2,1-2H3. The summed E-state index contributed by atoms with van der Waals surface area (Å²) in [5.41, 5.74) is 10.8. The predicted molar refractivity (Wildman–Crippen MR) is 77.0 cm³/mol. The summed E-state index contributed by atoms with van der Waals surface area (Å²) < 4.78 is 0. The molecule has 18 heavy (non-hydrogen) atoms. The molecule has 0 spiro atoms. The number of nitrogens with two attached hydrogens (primary N) is 1. The Morgan fingerprint density at radius 3 is 2.72 bits per heavy atom. The van der Waals surface area contributed by atoms with E-state index in [1.54, 1.807) is 11.3 Å². The van der Waals surface area contributed by atoms with E-state index < -0.39 is 0 Å². The molecule has 2 nitrogen and oxygen atoms in total. The van der Waals surface area contributed by atoms with Crippen LogP contribution in [0.3, 0.4) is 0 Å². The van der Waals surface area contributed by atoms with E-state index in [1.165, 1.54) is 21.7 Å². The van der Waals surface area contributed by atoms with Gasteiger partial charge in [-0.1, -0.05) is 23.8 Å². The van der Waals surface area contributed by atoms with E-state index in [9.17, 15) is 0 Å². The second-order valence-electron chi connectivity index (χ2n) is 5.32. The van der Waals surface area contributed by atoms with E-state index in [2.05, 4.69) is 37.4 Å². The zero-order valence-corrected chi connectivity index (χ0v) is 11.6. The highest BCUT2D eigenvalue weighted by Gasteiger charge is 2.29. The van der Waals surface area contributed by atoms with Crippen LogP contribution in [0.2, 0.25) is 0 Å². The van der Waals surface area contributed by atoms with E-state index in [0.29, 0.717) is 12.0 Å². The molecule has 0 aliphatic heterocycles. The van der Waals surface area contributed by atoms with Gasteiger partial charge in [0.25, 0.3) is 0 Å². The lowest BCUT2D eigenvalue weighted by Crippen LogP contribution is -2.34. The minimum atomic E-state index is 0.392. The maximum absolute atomic E-state index is 5.84. The lowest BCUT2D eigenvalue weighted by molar-refractivity contribution is 0.351. The van der Waals surface area contributed by atoms with Crippen molar-refractivity contribution in [3.05, 3.63) is 39.7 Å². The van der Waals surface area contributed by atoms with Gasteiger partial charge in [-0.05, 0) is 32.3 Å². The Hall–Kier alpha value is -1.19. The molecule has 0 unspecified atom stereocenters. The summed E-state index contributed by atoms with van der Waals surface area (Å²) in [6, 6.07) is 6.94. The molecule has 2 N–H and O–H groups in total. The van der Waals surface area contributed by atoms with Gasteiger partial charge in [-0.3, -0.25) is 0 Å². The maximum atomic E-state index is 5.84. The van der Waals surface area contributed by atoms with Gasteiger partial charge in [0, 0.05) is 22.9 Å². The minimum absolute atomic E-state index is 0.392. The Bertz CT molecular complexity index is 568. The molecule has 0 atom stereocenters. The summed E-state index contributed by atoms with van der Waals surface area (Å²) in [6.45, 7) is 4.28. The molecule has 1 aromatic carbocycles. The van der Waals surface area contributed by atoms with E-state index in [0.717, 1.165) is 18.5 Å². The highest BCUT2D eigenvalue weighted by atomic mass is 32.1. The van der Waals surface area contributed by atoms with E-state index in [4.69, 9.17) is 10.7 Å². The highest BCUT2D eigenvalue weighted by Crippen LogP contribution is 2.38. The first-order valence-electron chi connectivity index (χ1n) is 6.42. The largest absolute Gasteiger partial charge is 0.328 e. The second-order valence-corrected chi connectivity index (χ2v) is 6.21. The lowest BCUT2D eigenvalue weighted by Gasteiger charge is -2.30. The molecule has 0 saturated heterocycles. The Labute approximate surface area is 112 Å². The van der Waals surface area contributed by atoms with E-state index in [1.807, 2.05) is 0 Å². The monoisotopic (exact) mass is 258 g/mol. The number of rotatable bonds is 2. The SMILES string of the molecule is Cc1ccc(-c2csc(C3CC(N)C3)n2)c(C)c1. The first-order chi connectivity index (χ1) is 8.63. The first-order valence-corrected chi connectivity index (χ1v) is 7.30. The van der Waals surface area contributed by atoms with Crippen molar-refractivity contribution in [3.63, 3.8) is 0 Å². The average Bonchev–Trinajstić information content (AvgIpc) is 2.73. The molecule has 0 radical (unpaired) electrons. The number of aryl methyl sites for hydroxylation is 2. The summed E-state index contributed by atoms with van der Waals surface area (Å²) in [5.74, 6) is 0.601. The first kappa shape index (κ1) is 11.9. The molecule has 2 aromatic rings. The molecule has 1 aliphatic rings. The number of thiazole rings is 1. The van der Waals surface area contributed by atoms with Crippen LogP contribution in [-0.4, -0.2) is 11.0 Å². The van der Waals surface area contributed by atoms with Crippen LogP contribution in [0.1, 0.15) is 34.9 Å². The van der Waals surface area contributed by atoms with Gasteiger partial charge < -0.3 is 5.73 Å². The van der Waals surface area contributed by atoms with Crippen LogP contribution in [0, 0.1) is 13.8 Å². The van der Waals surface area contributed by atoms with Gasteiger partial charge >= 0.3 is 0 Å². The Balaban J connectivity index is 1.88. The molecule has 0 amide bonds. The average molecular weight is 258 g/mol. The van der Waals surface area contributed by atoms with Crippen LogP contribution < -0.4 is 5.73 Å². The molecule has 0 bridgehead atoms. The van der Waals surface area contributed by atoms with Gasteiger partial charge in [0.15, 0.2) is 0 Å². The molecule has 1 saturated carbocycles. The third kappa shape index (κ3) is 2.08. The van der Waals surface area contributed by atoms with Crippen molar-refractivity contribution in [2.45, 2.75) is 38.6 Å². The van der Waals surface area contributed by atoms with Crippen molar-refractivity contribution in [2.75, 3.05) is 0 Å². The number of benzene rings is 1. The van der Waals surface area contributed by atoms with E-state index in [-0.39, 0.29) is 0 Å². The molecule has 3 heteroatoms. The van der Waals surface area contributed by atoms with Crippen LogP contribution in [0.5, 0.6) is 0 Å². The number of hydrogen-bond acceptors (Lipinski definition) is 3. The van der Waals surface area contributed by atoms with Crippen molar-refractivity contribution in [3.8, 4) is 11.3 Å². The minimum Gasteiger partial charge on any atom is -0.328 e. The second kappa shape index (κ2) is 4.48. The summed E-state index contributed by atoms with van der Waals surface area (Å²) in [5, 5.41) is 3.43. The van der Waals surface area contributed by atoms with Crippen LogP contribution in [0.4, 0.5) is 0 Å². The molecular weight excluding hydrogens is 240 g/mol. The van der Waals surface area contributed by atoms with Crippen molar-refractivity contribution in [1.29, 1.82) is 0 Å². The fourth-order valence-electron chi connectivity index (χ4n) is 2.56. The van der Waals surface area contributed by atoms with Gasteiger partial charge in [0.05, 0.1) is 10.7 Å². The van der Waals surface area contributed by atoms with Gasteiger partial charge in [0.2, 0.25) is 0 Å². The van der Waals surface area contributed by atoms with Crippen molar-refractivity contribution >= 4 is 11.3 Å². The molecular formula is C15H18N2S. The van der Waals surface area contributed by atoms with Crippen LogP contribution >= 0.6 is 11.3 Å². The van der Waals surface area contributed by atoms with Gasteiger partial charge in [0.1, 0.15) is 0 Å². The summed E-state index contributed by atoms with van der Waals surface area (Å²) in [6.07, 6.45) is 2.19. The molecule has 1 fully saturated rings. The van der Waals surface area contributed by atoms with E-state index >= 15 is 0 Å². The number of nitrogens with zero attached hydrogens (tertiary/aromatic N) is 1. The third-order valence-electron chi connectivity index (χ3n) is 3.70. The Morgan fingerprint density at radius 2 is 2.06 bits per heavy atom. The molecule has 94 valence electrons. The van der Waals surface area contributed by atoms with Crippen molar-refractivity contribution in [1.82, 2.24) is 4.98 Å². The molecule has 1 heterocycles. The normalized spacial score (nSPS) is 22.8. The lowest BCUT2D eigenvalue weighted by atomic mass is 9.81. The summed E-state index contributed by atoms with van der Waals surface area (Å²) >= 11 is 1.78. The molecule has 1 aromatic heterocycles.